The number of ether oxygens (including phenoxy) is 1. The maximum atomic E-state index is 13.1. The van der Waals surface area contributed by atoms with E-state index in [9.17, 15) is 8.42 Å². The lowest BCUT2D eigenvalue weighted by Crippen LogP contribution is -2.40. The van der Waals surface area contributed by atoms with E-state index in [1.165, 1.54) is 0 Å². The van der Waals surface area contributed by atoms with Crippen molar-refractivity contribution in [2.24, 2.45) is 5.92 Å². The summed E-state index contributed by atoms with van der Waals surface area (Å²) >= 11 is 0. The van der Waals surface area contributed by atoms with Crippen molar-refractivity contribution in [2.45, 2.75) is 50.0 Å². The van der Waals surface area contributed by atoms with Gasteiger partial charge in [-0.25, -0.2) is 23.1 Å². The van der Waals surface area contributed by atoms with Crippen molar-refractivity contribution in [3.8, 4) is 11.4 Å². The summed E-state index contributed by atoms with van der Waals surface area (Å²) < 4.78 is 37.4. The molecule has 0 spiro atoms. The maximum Gasteiger partial charge on any atom is 0.243 e. The minimum absolute atomic E-state index is 0.294. The molecule has 4 aromatic rings. The highest BCUT2D eigenvalue weighted by molar-refractivity contribution is 7.89. The number of aryl methyl sites for hydroxylation is 2. The Morgan fingerprint density at radius 2 is 1.80 bits per heavy atom. The molecule has 40 heavy (non-hydrogen) atoms. The van der Waals surface area contributed by atoms with Gasteiger partial charge in [-0.2, -0.15) is 9.40 Å². The second-order valence-corrected chi connectivity index (χ2v) is 12.5. The van der Waals surface area contributed by atoms with Gasteiger partial charge in [-0.3, -0.25) is 0 Å². The molecule has 208 valence electrons. The van der Waals surface area contributed by atoms with Gasteiger partial charge in [0.2, 0.25) is 10.0 Å². The normalized spacial score (nSPS) is 18.7. The van der Waals surface area contributed by atoms with Crippen LogP contribution in [0.2, 0.25) is 0 Å². The van der Waals surface area contributed by atoms with Crippen molar-refractivity contribution in [3.05, 3.63) is 84.0 Å². The Labute approximate surface area is 235 Å². The number of hydrogen-bond acceptors (Lipinski definition) is 6. The largest absolute Gasteiger partial charge is 0.495 e. The topological polar surface area (TPSA) is 95.1 Å². The SMILES string of the molecule is COc1cc(/C=C/c2nc3n(n2)CCC[C@@H]3C2CCN(S(=O)(=O)c3ccccc3)CC2)ccc1-n1cnc(C)c1. The molecule has 10 heteroatoms. The highest BCUT2D eigenvalue weighted by Gasteiger charge is 2.36. The van der Waals surface area contributed by atoms with Crippen molar-refractivity contribution < 1.29 is 13.2 Å². The first-order valence-corrected chi connectivity index (χ1v) is 15.2. The summed E-state index contributed by atoms with van der Waals surface area (Å²) in [7, 11) is -1.78. The van der Waals surface area contributed by atoms with Crippen LogP contribution in [0.4, 0.5) is 0 Å². The van der Waals surface area contributed by atoms with E-state index in [2.05, 4.69) is 4.98 Å². The number of hydrogen-bond donors (Lipinski definition) is 0. The van der Waals surface area contributed by atoms with Crippen LogP contribution in [0.3, 0.4) is 0 Å². The van der Waals surface area contributed by atoms with Crippen LogP contribution in [-0.4, -0.2) is 57.2 Å². The molecule has 9 nitrogen and oxygen atoms in total. The van der Waals surface area contributed by atoms with E-state index in [4.69, 9.17) is 14.8 Å². The molecule has 2 aromatic heterocycles. The molecule has 2 aliphatic rings. The van der Waals surface area contributed by atoms with E-state index < -0.39 is 10.0 Å². The molecular weight excluding hydrogens is 524 g/mol. The zero-order chi connectivity index (χ0) is 27.7. The first-order chi connectivity index (χ1) is 19.4. The minimum Gasteiger partial charge on any atom is -0.495 e. The first-order valence-electron chi connectivity index (χ1n) is 13.8. The van der Waals surface area contributed by atoms with Gasteiger partial charge in [-0.05, 0) is 74.4 Å². The zero-order valence-electron chi connectivity index (χ0n) is 22.8. The highest BCUT2D eigenvalue weighted by atomic mass is 32.2. The summed E-state index contributed by atoms with van der Waals surface area (Å²) in [4.78, 5) is 9.62. The van der Waals surface area contributed by atoms with Gasteiger partial charge in [0.25, 0.3) is 0 Å². The van der Waals surface area contributed by atoms with Gasteiger partial charge in [-0.1, -0.05) is 30.3 Å². The number of sulfonamides is 1. The number of methoxy groups -OCH3 is 1. The van der Waals surface area contributed by atoms with Crippen molar-refractivity contribution in [2.75, 3.05) is 20.2 Å². The van der Waals surface area contributed by atoms with Crippen LogP contribution in [-0.2, 0) is 16.6 Å². The maximum absolute atomic E-state index is 13.1. The van der Waals surface area contributed by atoms with E-state index in [1.807, 2.05) is 58.8 Å². The molecule has 0 amide bonds. The molecule has 0 bridgehead atoms. The predicted molar refractivity (Wildman–Crippen MR) is 154 cm³/mol. The Hall–Kier alpha value is -3.76. The van der Waals surface area contributed by atoms with Gasteiger partial charge < -0.3 is 9.30 Å². The molecule has 0 radical (unpaired) electrons. The highest BCUT2D eigenvalue weighted by Crippen LogP contribution is 2.39. The molecule has 1 fully saturated rings. The fourth-order valence-electron chi connectivity index (χ4n) is 5.91. The van der Waals surface area contributed by atoms with Crippen molar-refractivity contribution in [1.29, 1.82) is 0 Å². The molecule has 4 heterocycles. The predicted octanol–water partition coefficient (Wildman–Crippen LogP) is 4.93. The Morgan fingerprint density at radius 3 is 2.52 bits per heavy atom. The molecule has 2 aliphatic heterocycles. The summed E-state index contributed by atoms with van der Waals surface area (Å²) in [6.45, 7) is 3.90. The van der Waals surface area contributed by atoms with Crippen LogP contribution in [0.25, 0.3) is 17.8 Å². The van der Waals surface area contributed by atoms with E-state index in [-0.39, 0.29) is 0 Å². The third-order valence-electron chi connectivity index (χ3n) is 8.00. The van der Waals surface area contributed by atoms with Crippen LogP contribution in [0, 0.1) is 12.8 Å². The average molecular weight is 559 g/mol. The smallest absolute Gasteiger partial charge is 0.243 e. The zero-order valence-corrected chi connectivity index (χ0v) is 23.7. The number of piperidine rings is 1. The second kappa shape index (κ2) is 11.0. The molecular formula is C30H34N6O3S. The van der Waals surface area contributed by atoms with E-state index in [0.717, 1.165) is 60.7 Å². The van der Waals surface area contributed by atoms with Gasteiger partial charge >= 0.3 is 0 Å². The molecule has 0 aliphatic carbocycles. The fourth-order valence-corrected chi connectivity index (χ4v) is 7.40. The number of fused-ring (bicyclic) bond motifs is 1. The summed E-state index contributed by atoms with van der Waals surface area (Å²) in [6.07, 6.45) is 11.5. The molecule has 0 unspecified atom stereocenters. The van der Waals surface area contributed by atoms with Gasteiger partial charge in [0.05, 0.1) is 29.7 Å². The lowest BCUT2D eigenvalue weighted by Gasteiger charge is -2.36. The Balaban J connectivity index is 1.15. The molecule has 1 saturated heterocycles. The third kappa shape index (κ3) is 5.21. The Morgan fingerprint density at radius 1 is 1.00 bits per heavy atom. The van der Waals surface area contributed by atoms with Crippen LogP contribution < -0.4 is 4.74 Å². The van der Waals surface area contributed by atoms with Gasteiger partial charge in [-0.15, -0.1) is 0 Å². The van der Waals surface area contributed by atoms with Crippen LogP contribution in [0.5, 0.6) is 5.75 Å². The summed E-state index contributed by atoms with van der Waals surface area (Å²) in [6, 6.07) is 14.8. The van der Waals surface area contributed by atoms with Crippen molar-refractivity contribution >= 4 is 22.2 Å². The number of rotatable bonds is 7. The molecule has 0 N–H and O–H groups in total. The van der Waals surface area contributed by atoms with E-state index in [1.54, 1.807) is 42.0 Å². The average Bonchev–Trinajstić information content (AvgIpc) is 3.62. The Kier molecular flexibility index (Phi) is 7.29. The number of imidazole rings is 1. The quantitative estimate of drug-likeness (QED) is 0.319. The second-order valence-electron chi connectivity index (χ2n) is 10.5. The van der Waals surface area contributed by atoms with Crippen molar-refractivity contribution in [1.82, 2.24) is 28.6 Å². The molecule has 0 saturated carbocycles. The monoisotopic (exact) mass is 558 g/mol. The van der Waals surface area contributed by atoms with Crippen LogP contribution in [0.1, 0.15) is 54.5 Å². The summed E-state index contributed by atoms with van der Waals surface area (Å²) in [5.41, 5.74) is 2.87. The van der Waals surface area contributed by atoms with Crippen LogP contribution >= 0.6 is 0 Å². The van der Waals surface area contributed by atoms with Gasteiger partial charge in [0.15, 0.2) is 5.82 Å². The van der Waals surface area contributed by atoms with E-state index in [0.29, 0.717) is 35.6 Å². The molecule has 6 rings (SSSR count). The van der Waals surface area contributed by atoms with E-state index >= 15 is 0 Å². The van der Waals surface area contributed by atoms with Gasteiger partial charge in [0, 0.05) is 31.7 Å². The minimum atomic E-state index is -3.45. The van der Waals surface area contributed by atoms with Crippen molar-refractivity contribution in [3.63, 3.8) is 0 Å². The first kappa shape index (κ1) is 26.5. The molecule has 2 aromatic carbocycles. The summed E-state index contributed by atoms with van der Waals surface area (Å²) in [5, 5.41) is 4.78. The lowest BCUT2D eigenvalue weighted by atomic mass is 9.80. The standard InChI is InChI=1S/C30H34N6O3S/c1-22-20-34(21-31-22)27-12-10-23(19-28(27)39-2)11-13-29-32-30-26(9-6-16-36(30)33-29)24-14-17-35(18-15-24)40(37,38)25-7-4-3-5-8-25/h3-5,7-8,10-13,19-21,24,26H,6,9,14-18H2,1-2H3/b13-11+/t26-/m1/s1. The van der Waals surface area contributed by atoms with Crippen LogP contribution in [0.15, 0.2) is 66.0 Å². The molecule has 1 atom stereocenters. The number of aromatic nitrogens is 5. The Bertz CT molecular complexity index is 1620. The fraction of sp³-hybridized carbons (Fsp3) is 0.367. The van der Waals surface area contributed by atoms with Gasteiger partial charge in [0.1, 0.15) is 11.6 Å². The number of benzene rings is 2. The number of nitrogens with zero attached hydrogens (tertiary/aromatic N) is 6. The summed E-state index contributed by atoms with van der Waals surface area (Å²) in [5.74, 6) is 3.17. The third-order valence-corrected chi connectivity index (χ3v) is 9.91. The lowest BCUT2D eigenvalue weighted by molar-refractivity contribution is 0.215.